The molecule has 1 aliphatic heterocycles. The summed E-state index contributed by atoms with van der Waals surface area (Å²) in [6, 6.07) is 18.2. The van der Waals surface area contributed by atoms with E-state index in [0.717, 1.165) is 30.4 Å². The highest BCUT2D eigenvalue weighted by atomic mass is 35.5. The van der Waals surface area contributed by atoms with Crippen LogP contribution in [-0.4, -0.2) is 31.1 Å². The Kier molecular flexibility index (Phi) is 11.0. The maximum absolute atomic E-state index is 5.92. The topological polar surface area (TPSA) is 21.7 Å². The van der Waals surface area contributed by atoms with Crippen molar-refractivity contribution in [2.75, 3.05) is 26.2 Å². The molecule has 0 aliphatic carbocycles. The summed E-state index contributed by atoms with van der Waals surface area (Å²) in [4.78, 5) is 2.63. The van der Waals surface area contributed by atoms with E-state index in [1.807, 2.05) is 42.5 Å². The van der Waals surface area contributed by atoms with E-state index in [4.69, 9.17) is 9.47 Å². The fourth-order valence-electron chi connectivity index (χ4n) is 3.74. The van der Waals surface area contributed by atoms with E-state index in [1.165, 1.54) is 57.3 Å². The van der Waals surface area contributed by atoms with Crippen LogP contribution in [0.3, 0.4) is 0 Å². The monoisotopic (exact) mass is 417 g/mol. The lowest BCUT2D eigenvalue weighted by molar-refractivity contribution is 0.216. The number of likely N-dealkylation sites (tertiary alicyclic amines) is 1. The second kappa shape index (κ2) is 13.5. The van der Waals surface area contributed by atoms with Gasteiger partial charge in [0.2, 0.25) is 0 Å². The minimum Gasteiger partial charge on any atom is -0.494 e. The number of ether oxygens (including phenoxy) is 2. The number of halogens is 1. The van der Waals surface area contributed by atoms with Gasteiger partial charge in [-0.2, -0.15) is 0 Å². The number of hydrogen-bond donors (Lipinski definition) is 0. The Bertz CT molecular complexity index is 656. The molecular formula is C25H36ClNO2. The van der Waals surface area contributed by atoms with Gasteiger partial charge in [-0.05, 0) is 87.5 Å². The molecule has 1 aliphatic rings. The number of hydrogen-bond acceptors (Lipinski definition) is 3. The lowest BCUT2D eigenvalue weighted by atomic mass is 10.0. The molecule has 0 aromatic heterocycles. The molecule has 29 heavy (non-hydrogen) atoms. The zero-order valence-electron chi connectivity index (χ0n) is 17.7. The Hall–Kier alpha value is -1.71. The molecule has 1 saturated heterocycles. The molecule has 1 heterocycles. The van der Waals surface area contributed by atoms with Gasteiger partial charge in [-0.15, -0.1) is 12.4 Å². The molecular weight excluding hydrogens is 382 g/mol. The van der Waals surface area contributed by atoms with Gasteiger partial charge in [0.15, 0.2) is 0 Å². The van der Waals surface area contributed by atoms with Crippen molar-refractivity contribution >= 4 is 12.4 Å². The van der Waals surface area contributed by atoms with Crippen LogP contribution in [-0.2, 0) is 6.61 Å². The highest BCUT2D eigenvalue weighted by Gasteiger charge is 2.10. The van der Waals surface area contributed by atoms with E-state index in [9.17, 15) is 0 Å². The fourth-order valence-corrected chi connectivity index (χ4v) is 3.74. The summed E-state index contributed by atoms with van der Waals surface area (Å²) in [5, 5.41) is 0. The van der Waals surface area contributed by atoms with Gasteiger partial charge >= 0.3 is 0 Å². The maximum Gasteiger partial charge on any atom is 0.120 e. The van der Waals surface area contributed by atoms with Crippen LogP contribution in [0.15, 0.2) is 54.6 Å². The van der Waals surface area contributed by atoms with E-state index < -0.39 is 0 Å². The SMILES string of the molecule is CC(CCCN1CCCCC1)CCOc1ccc(OCc2ccccc2)cc1.Cl. The van der Waals surface area contributed by atoms with Gasteiger partial charge in [0.25, 0.3) is 0 Å². The van der Waals surface area contributed by atoms with Crippen LogP contribution < -0.4 is 9.47 Å². The van der Waals surface area contributed by atoms with E-state index in [2.05, 4.69) is 24.0 Å². The van der Waals surface area contributed by atoms with E-state index in [0.29, 0.717) is 6.61 Å². The first-order chi connectivity index (χ1) is 13.8. The van der Waals surface area contributed by atoms with Crippen LogP contribution in [0, 0.1) is 5.92 Å². The van der Waals surface area contributed by atoms with E-state index in [-0.39, 0.29) is 12.4 Å². The normalized spacial score (nSPS) is 15.3. The first kappa shape index (κ1) is 23.6. The second-order valence-electron chi connectivity index (χ2n) is 8.03. The standard InChI is InChI=1S/C25H35NO2.ClH/c1-22(9-8-19-26-17-6-3-7-18-26)16-20-27-24-12-14-25(15-13-24)28-21-23-10-4-2-5-11-23;/h2,4-5,10-15,22H,3,6-9,16-21H2,1H3;1H. The lowest BCUT2D eigenvalue weighted by Gasteiger charge is -2.26. The summed E-state index contributed by atoms with van der Waals surface area (Å²) < 4.78 is 11.7. The molecule has 1 unspecified atom stereocenters. The van der Waals surface area contributed by atoms with Crippen LogP contribution in [0.1, 0.15) is 51.0 Å². The third-order valence-electron chi connectivity index (χ3n) is 5.57. The van der Waals surface area contributed by atoms with Gasteiger partial charge in [0.05, 0.1) is 6.61 Å². The molecule has 1 fully saturated rings. The molecule has 0 saturated carbocycles. The average Bonchev–Trinajstić information content (AvgIpc) is 2.75. The van der Waals surface area contributed by atoms with Crippen molar-refractivity contribution in [3.63, 3.8) is 0 Å². The first-order valence-electron chi connectivity index (χ1n) is 10.9. The third kappa shape index (κ3) is 9.10. The molecule has 0 bridgehead atoms. The predicted molar refractivity (Wildman–Crippen MR) is 123 cm³/mol. The first-order valence-corrected chi connectivity index (χ1v) is 10.9. The zero-order chi connectivity index (χ0) is 19.4. The average molecular weight is 418 g/mol. The van der Waals surface area contributed by atoms with Gasteiger partial charge < -0.3 is 14.4 Å². The molecule has 0 N–H and O–H groups in total. The van der Waals surface area contributed by atoms with Crippen LogP contribution in [0.4, 0.5) is 0 Å². The van der Waals surface area contributed by atoms with Crippen molar-refractivity contribution in [2.24, 2.45) is 5.92 Å². The Morgan fingerprint density at radius 3 is 2.17 bits per heavy atom. The van der Waals surface area contributed by atoms with Crippen molar-refractivity contribution < 1.29 is 9.47 Å². The number of nitrogens with zero attached hydrogens (tertiary/aromatic N) is 1. The van der Waals surface area contributed by atoms with Crippen LogP contribution in [0.5, 0.6) is 11.5 Å². The summed E-state index contributed by atoms with van der Waals surface area (Å²) in [5.74, 6) is 2.52. The minimum absolute atomic E-state index is 0. The third-order valence-corrected chi connectivity index (χ3v) is 5.57. The molecule has 2 aromatic rings. The molecule has 3 nitrogen and oxygen atoms in total. The van der Waals surface area contributed by atoms with Crippen LogP contribution in [0.2, 0.25) is 0 Å². The van der Waals surface area contributed by atoms with E-state index in [1.54, 1.807) is 0 Å². The van der Waals surface area contributed by atoms with Crippen molar-refractivity contribution in [1.29, 1.82) is 0 Å². The lowest BCUT2D eigenvalue weighted by Crippen LogP contribution is -2.30. The molecule has 0 spiro atoms. The van der Waals surface area contributed by atoms with Gasteiger partial charge in [0.1, 0.15) is 18.1 Å². The van der Waals surface area contributed by atoms with Gasteiger partial charge in [0, 0.05) is 0 Å². The Labute approximate surface area is 182 Å². The van der Waals surface area contributed by atoms with Gasteiger partial charge in [-0.1, -0.05) is 43.7 Å². The molecule has 0 amide bonds. The molecule has 2 aromatic carbocycles. The zero-order valence-corrected chi connectivity index (χ0v) is 18.5. The molecule has 3 rings (SSSR count). The van der Waals surface area contributed by atoms with E-state index >= 15 is 0 Å². The van der Waals surface area contributed by atoms with Crippen molar-refractivity contribution in [1.82, 2.24) is 4.90 Å². The van der Waals surface area contributed by atoms with Crippen molar-refractivity contribution in [2.45, 2.75) is 52.1 Å². The van der Waals surface area contributed by atoms with Crippen LogP contribution in [0.25, 0.3) is 0 Å². The number of piperidine rings is 1. The molecule has 1 atom stereocenters. The number of benzene rings is 2. The highest BCUT2D eigenvalue weighted by Crippen LogP contribution is 2.20. The molecule has 4 heteroatoms. The molecule has 0 radical (unpaired) electrons. The van der Waals surface area contributed by atoms with Crippen molar-refractivity contribution in [3.05, 3.63) is 60.2 Å². The summed E-state index contributed by atoms with van der Waals surface area (Å²) in [6.45, 7) is 7.62. The Balaban J connectivity index is 0.00000300. The Morgan fingerprint density at radius 2 is 1.48 bits per heavy atom. The highest BCUT2D eigenvalue weighted by molar-refractivity contribution is 5.85. The van der Waals surface area contributed by atoms with Crippen LogP contribution >= 0.6 is 12.4 Å². The number of rotatable bonds is 11. The minimum atomic E-state index is 0. The summed E-state index contributed by atoms with van der Waals surface area (Å²) in [6.07, 6.45) is 7.93. The molecule has 160 valence electrons. The largest absolute Gasteiger partial charge is 0.494 e. The predicted octanol–water partition coefficient (Wildman–Crippen LogP) is 6.36. The Morgan fingerprint density at radius 1 is 0.828 bits per heavy atom. The smallest absolute Gasteiger partial charge is 0.120 e. The summed E-state index contributed by atoms with van der Waals surface area (Å²) in [5.41, 5.74) is 1.18. The summed E-state index contributed by atoms with van der Waals surface area (Å²) >= 11 is 0. The van der Waals surface area contributed by atoms with Crippen molar-refractivity contribution in [3.8, 4) is 11.5 Å². The van der Waals surface area contributed by atoms with Gasteiger partial charge in [-0.3, -0.25) is 0 Å². The fraction of sp³-hybridized carbons (Fsp3) is 0.520. The maximum atomic E-state index is 5.92. The summed E-state index contributed by atoms with van der Waals surface area (Å²) in [7, 11) is 0. The second-order valence-corrected chi connectivity index (χ2v) is 8.03. The van der Waals surface area contributed by atoms with Gasteiger partial charge in [-0.25, -0.2) is 0 Å². The quantitative estimate of drug-likeness (QED) is 0.424.